The van der Waals surface area contributed by atoms with Crippen LogP contribution in [-0.4, -0.2) is 74.4 Å². The molecule has 0 heterocycles. The van der Waals surface area contributed by atoms with Crippen molar-refractivity contribution in [3.63, 3.8) is 0 Å². The largest absolute Gasteiger partial charge is 0.457 e. The Balaban J connectivity index is 0.000000244. The Morgan fingerprint density at radius 3 is 0.956 bits per heavy atom. The maximum atomic E-state index is 11.5. The van der Waals surface area contributed by atoms with Crippen LogP contribution in [0, 0.1) is 0 Å². The third-order valence-electron chi connectivity index (χ3n) is 7.95. The van der Waals surface area contributed by atoms with Crippen LogP contribution >= 0.6 is 46.4 Å². The average Bonchev–Trinajstić information content (AvgIpc) is 3.26. The number of ether oxygens (including phenoxy) is 4. The van der Waals surface area contributed by atoms with E-state index in [2.05, 4.69) is 21.3 Å². The van der Waals surface area contributed by atoms with E-state index in [1.807, 2.05) is 0 Å². The van der Waals surface area contributed by atoms with E-state index in [4.69, 9.17) is 65.4 Å². The molecule has 0 saturated heterocycles. The smallest absolute Gasteiger partial charge is 0.411 e. The average molecular weight is 1010 g/mol. The molecule has 0 radical (unpaired) electrons. The van der Waals surface area contributed by atoms with Gasteiger partial charge in [0.2, 0.25) is 0 Å². The molecule has 6 rings (SSSR count). The number of carbonyl (C=O) groups is 4. The summed E-state index contributed by atoms with van der Waals surface area (Å²) in [6, 6.07) is 42.0. The molecule has 14 nitrogen and oxygen atoms in total. The number of urea groups is 2. The first-order chi connectivity index (χ1) is 32.2. The highest BCUT2D eigenvalue weighted by Crippen LogP contribution is 2.26. The maximum absolute atomic E-state index is 11.5. The Morgan fingerprint density at radius 2 is 0.691 bits per heavy atom. The summed E-state index contributed by atoms with van der Waals surface area (Å²) < 4.78 is 21.1. The van der Waals surface area contributed by atoms with Gasteiger partial charge < -0.3 is 39.4 Å². The normalized spacial score (nSPS) is 9.97. The van der Waals surface area contributed by atoms with Gasteiger partial charge in [-0.3, -0.25) is 10.6 Å². The molecule has 0 saturated carbocycles. The lowest BCUT2D eigenvalue weighted by Crippen LogP contribution is -2.27. The number of rotatable bonds is 10. The van der Waals surface area contributed by atoms with Crippen molar-refractivity contribution in [1.29, 1.82) is 0 Å². The number of benzene rings is 6. The maximum Gasteiger partial charge on any atom is 0.411 e. The van der Waals surface area contributed by atoms with E-state index in [1.165, 1.54) is 9.80 Å². The fraction of sp³-hybridized carbons (Fsp3) is 0.200. The molecule has 68 heavy (non-hydrogen) atoms. The second-order valence-corrected chi connectivity index (χ2v) is 16.7. The molecule has 6 aromatic carbocycles. The molecule has 0 atom stereocenters. The highest BCUT2D eigenvalue weighted by Gasteiger charge is 2.08. The van der Waals surface area contributed by atoms with E-state index in [0.29, 0.717) is 65.8 Å². The predicted octanol–water partition coefficient (Wildman–Crippen LogP) is 15.0. The zero-order valence-electron chi connectivity index (χ0n) is 38.7. The number of carbonyl (C=O) groups excluding carboxylic acids is 4. The summed E-state index contributed by atoms with van der Waals surface area (Å²) in [5.41, 5.74) is 2.69. The second kappa shape index (κ2) is 29.0. The van der Waals surface area contributed by atoms with E-state index >= 15 is 0 Å². The predicted molar refractivity (Wildman–Crippen MR) is 275 cm³/mol. The van der Waals surface area contributed by atoms with Crippen LogP contribution in [0.25, 0.3) is 0 Å². The number of nitrogens with zero attached hydrogens (tertiary/aromatic N) is 2. The molecular weight excluding hydrogens is 954 g/mol. The zero-order chi connectivity index (χ0) is 50.2. The van der Waals surface area contributed by atoms with Gasteiger partial charge in [-0.2, -0.15) is 0 Å². The van der Waals surface area contributed by atoms with Gasteiger partial charge in [-0.1, -0.05) is 58.5 Å². The minimum Gasteiger partial charge on any atom is -0.457 e. The highest BCUT2D eigenvalue weighted by molar-refractivity contribution is 6.31. The Labute approximate surface area is 417 Å². The van der Waals surface area contributed by atoms with Gasteiger partial charge in [0.1, 0.15) is 23.0 Å². The van der Waals surface area contributed by atoms with Crippen LogP contribution in [0.5, 0.6) is 23.0 Å². The monoisotopic (exact) mass is 1010 g/mol. The molecule has 18 heteroatoms. The summed E-state index contributed by atoms with van der Waals surface area (Å²) in [7, 11) is 6.75. The van der Waals surface area contributed by atoms with E-state index in [1.54, 1.807) is 201 Å². The van der Waals surface area contributed by atoms with E-state index in [0.717, 1.165) is 0 Å². The van der Waals surface area contributed by atoms with Crippen molar-refractivity contribution < 1.29 is 38.1 Å². The minimum atomic E-state index is -0.470. The number of halogens is 4. The Bertz CT molecular complexity index is 2320. The molecular formula is C50H54Cl4N6O8. The Kier molecular flexibility index (Phi) is 23.7. The van der Waals surface area contributed by atoms with E-state index in [-0.39, 0.29) is 24.3 Å². The van der Waals surface area contributed by atoms with Gasteiger partial charge in [-0.25, -0.2) is 19.2 Å². The van der Waals surface area contributed by atoms with E-state index < -0.39 is 12.2 Å². The van der Waals surface area contributed by atoms with Gasteiger partial charge in [0.25, 0.3) is 0 Å². The summed E-state index contributed by atoms with van der Waals surface area (Å²) in [6.07, 6.45) is -1.20. The van der Waals surface area contributed by atoms with Gasteiger partial charge in [-0.05, 0) is 161 Å². The molecule has 0 unspecified atom stereocenters. The second-order valence-electron chi connectivity index (χ2n) is 15.0. The van der Waals surface area contributed by atoms with Crippen molar-refractivity contribution in [2.75, 3.05) is 49.5 Å². The lowest BCUT2D eigenvalue weighted by molar-refractivity contribution is 0.129. The summed E-state index contributed by atoms with van der Waals surface area (Å²) in [6.45, 7) is 7.16. The minimum absolute atomic E-state index is 0.130. The van der Waals surface area contributed by atoms with Crippen LogP contribution in [0.2, 0.25) is 20.1 Å². The van der Waals surface area contributed by atoms with Gasteiger partial charge in [0, 0.05) is 71.0 Å². The van der Waals surface area contributed by atoms with Crippen molar-refractivity contribution in [1.82, 2.24) is 9.80 Å². The summed E-state index contributed by atoms with van der Waals surface area (Å²) in [4.78, 5) is 48.2. The molecule has 0 aromatic heterocycles. The molecule has 6 aromatic rings. The van der Waals surface area contributed by atoms with Crippen LogP contribution < -0.4 is 30.7 Å². The molecule has 0 aliphatic carbocycles. The number of anilines is 4. The molecule has 360 valence electrons. The first kappa shape index (κ1) is 55.5. The summed E-state index contributed by atoms with van der Waals surface area (Å²) >= 11 is 23.1. The number of amides is 6. The third kappa shape index (κ3) is 23.1. The number of hydrogen-bond acceptors (Lipinski definition) is 8. The van der Waals surface area contributed by atoms with Crippen molar-refractivity contribution in [2.24, 2.45) is 0 Å². The molecule has 0 aliphatic rings. The van der Waals surface area contributed by atoms with Gasteiger partial charge in [-0.15, -0.1) is 0 Å². The molecule has 0 bridgehead atoms. The van der Waals surface area contributed by atoms with Crippen LogP contribution in [-0.2, 0) is 9.47 Å². The molecule has 6 amide bonds. The molecule has 0 fully saturated rings. The first-order valence-electron chi connectivity index (χ1n) is 20.7. The highest BCUT2D eigenvalue weighted by atomic mass is 35.5. The Hall–Kier alpha value is -6.84. The Morgan fingerprint density at radius 1 is 0.397 bits per heavy atom. The van der Waals surface area contributed by atoms with Gasteiger partial charge in [0.05, 0.1) is 12.2 Å². The third-order valence-corrected chi connectivity index (χ3v) is 8.92. The van der Waals surface area contributed by atoms with Crippen LogP contribution in [0.1, 0.15) is 27.7 Å². The molecule has 0 spiro atoms. The van der Waals surface area contributed by atoms with Crippen LogP contribution in [0.3, 0.4) is 0 Å². The SMILES string of the molecule is CC(C)OC(=O)Nc1cccc(Cl)c1.CC(C)OC(=O)Nc1cccc(Cl)c1.CN(C)C(=O)Nc1ccc(Oc2ccc(Cl)cc2)cc1.CN(C)C(=O)Nc1ccc(Oc2ccc(Cl)cc2)cc1. The zero-order valence-corrected chi connectivity index (χ0v) is 41.7. The fourth-order valence-corrected chi connectivity index (χ4v) is 5.45. The van der Waals surface area contributed by atoms with Gasteiger partial charge in [0.15, 0.2) is 0 Å². The summed E-state index contributed by atoms with van der Waals surface area (Å²) in [5, 5.41) is 13.1. The topological polar surface area (TPSA) is 160 Å². The summed E-state index contributed by atoms with van der Waals surface area (Å²) in [5.74, 6) is 2.80. The lowest BCUT2D eigenvalue weighted by Gasteiger charge is -2.12. The van der Waals surface area contributed by atoms with Crippen molar-refractivity contribution in [2.45, 2.75) is 39.9 Å². The number of hydrogen-bond donors (Lipinski definition) is 4. The van der Waals surface area contributed by atoms with E-state index in [9.17, 15) is 19.2 Å². The van der Waals surface area contributed by atoms with Crippen molar-refractivity contribution in [3.8, 4) is 23.0 Å². The fourth-order valence-electron chi connectivity index (χ4n) is 4.82. The van der Waals surface area contributed by atoms with Crippen molar-refractivity contribution in [3.05, 3.63) is 166 Å². The quantitative estimate of drug-likeness (QED) is 0.106. The lowest BCUT2D eigenvalue weighted by atomic mass is 10.3. The first-order valence-corrected chi connectivity index (χ1v) is 22.3. The van der Waals surface area contributed by atoms with Crippen LogP contribution in [0.4, 0.5) is 41.9 Å². The number of nitrogens with one attached hydrogen (secondary N) is 4. The van der Waals surface area contributed by atoms with Gasteiger partial charge >= 0.3 is 24.2 Å². The molecule has 4 N–H and O–H groups in total. The van der Waals surface area contributed by atoms with Crippen LogP contribution in [0.15, 0.2) is 146 Å². The standard InChI is InChI=1S/2C15H15ClN2O2.2C10H12ClNO2/c2*1-18(2)15(19)17-12-5-9-14(10-6-12)20-13-7-3-11(16)4-8-13;2*1-7(2)14-10(13)12-9-5-3-4-8(11)6-9/h2*3-10H,1-2H3,(H,17,19);2*3-7H,1-2H3,(H,12,13). The molecule has 0 aliphatic heterocycles. The van der Waals surface area contributed by atoms with Crippen molar-refractivity contribution >= 4 is 93.4 Å².